The fourth-order valence-corrected chi connectivity index (χ4v) is 3.04. The van der Waals surface area contributed by atoms with E-state index < -0.39 is 17.3 Å². The van der Waals surface area contributed by atoms with Crippen molar-refractivity contribution in [1.29, 1.82) is 0 Å². The Morgan fingerprint density at radius 2 is 1.97 bits per heavy atom. The highest BCUT2D eigenvalue weighted by Crippen LogP contribution is 2.24. The first-order valence-corrected chi connectivity index (χ1v) is 9.77. The van der Waals surface area contributed by atoms with Crippen molar-refractivity contribution in [2.75, 3.05) is 24.5 Å². The molecule has 0 fully saturated rings. The maximum absolute atomic E-state index is 12.7. The maximum Gasteiger partial charge on any atom is 0.256 e. The molecule has 0 spiro atoms. The fourth-order valence-electron chi connectivity index (χ4n) is 2.78. The van der Waals surface area contributed by atoms with Crippen molar-refractivity contribution in [2.45, 2.75) is 6.92 Å². The highest BCUT2D eigenvalue weighted by molar-refractivity contribution is 7.74. The van der Waals surface area contributed by atoms with Gasteiger partial charge in [-0.1, -0.05) is 18.2 Å². The number of anilines is 2. The van der Waals surface area contributed by atoms with E-state index in [0.717, 1.165) is 16.2 Å². The molecule has 0 saturated heterocycles. The summed E-state index contributed by atoms with van der Waals surface area (Å²) in [6, 6.07) is 13.9. The van der Waals surface area contributed by atoms with Crippen LogP contribution in [0.25, 0.3) is 11.3 Å². The lowest BCUT2D eigenvalue weighted by atomic mass is 10.1. The Morgan fingerprint density at radius 1 is 1.17 bits per heavy atom. The van der Waals surface area contributed by atoms with E-state index in [2.05, 4.69) is 19.6 Å². The lowest BCUT2D eigenvalue weighted by molar-refractivity contribution is 0.102. The van der Waals surface area contributed by atoms with Gasteiger partial charge in [0.15, 0.2) is 0 Å². The zero-order valence-corrected chi connectivity index (χ0v) is 17.3. The van der Waals surface area contributed by atoms with Gasteiger partial charge in [0.2, 0.25) is 0 Å². The van der Waals surface area contributed by atoms with Gasteiger partial charge in [0.25, 0.3) is 5.91 Å². The molecule has 3 aromatic rings. The van der Waals surface area contributed by atoms with Gasteiger partial charge in [0, 0.05) is 24.2 Å². The predicted molar refractivity (Wildman–Crippen MR) is 112 cm³/mol. The van der Waals surface area contributed by atoms with Gasteiger partial charge in [-0.15, -0.1) is 0 Å². The summed E-state index contributed by atoms with van der Waals surface area (Å²) in [6.07, 6.45) is 1.36. The Labute approximate surface area is 176 Å². The van der Waals surface area contributed by atoms with E-state index in [1.54, 1.807) is 32.2 Å². The van der Waals surface area contributed by atoms with Crippen molar-refractivity contribution in [1.82, 2.24) is 9.97 Å². The summed E-state index contributed by atoms with van der Waals surface area (Å²) in [7, 11) is 3.02. The van der Waals surface area contributed by atoms with E-state index in [1.165, 1.54) is 19.4 Å². The highest BCUT2D eigenvalue weighted by atomic mass is 32.2. The largest absolute Gasteiger partial charge is 0.748 e. The minimum absolute atomic E-state index is 0.310. The third-order valence-electron chi connectivity index (χ3n) is 4.26. The molecule has 1 heterocycles. The van der Waals surface area contributed by atoms with Gasteiger partial charge in [-0.05, 0) is 36.8 Å². The van der Waals surface area contributed by atoms with Gasteiger partial charge >= 0.3 is 0 Å². The molecule has 1 N–H and O–H groups in total. The monoisotopic (exact) mass is 427 g/mol. The Hall–Kier alpha value is -3.34. The normalized spacial score (nSPS) is 11.6. The first kappa shape index (κ1) is 21.4. The van der Waals surface area contributed by atoms with Gasteiger partial charge in [0.05, 0.1) is 18.5 Å². The molecular formula is C20H19N4O5S-. The highest BCUT2D eigenvalue weighted by Gasteiger charge is 2.13. The van der Waals surface area contributed by atoms with Crippen LogP contribution in [0.4, 0.5) is 11.5 Å². The number of hydrogen-bond donors (Lipinski definition) is 1. The van der Waals surface area contributed by atoms with Gasteiger partial charge in [-0.3, -0.25) is 4.79 Å². The molecule has 10 heteroatoms. The quantitative estimate of drug-likeness (QED) is 0.452. The number of rotatable bonds is 7. The summed E-state index contributed by atoms with van der Waals surface area (Å²) in [5.74, 6) is 0.595. The minimum Gasteiger partial charge on any atom is -0.748 e. The maximum atomic E-state index is 12.7. The van der Waals surface area contributed by atoms with Crippen molar-refractivity contribution in [3.05, 3.63) is 66.0 Å². The molecule has 2 aromatic carbocycles. The second-order valence-electron chi connectivity index (χ2n) is 6.25. The Morgan fingerprint density at radius 3 is 2.70 bits per heavy atom. The van der Waals surface area contributed by atoms with Gasteiger partial charge in [-0.2, -0.15) is 4.28 Å². The molecule has 0 aliphatic rings. The summed E-state index contributed by atoms with van der Waals surface area (Å²) >= 11 is -2.73. The van der Waals surface area contributed by atoms with Crippen molar-refractivity contribution in [2.24, 2.45) is 0 Å². The zero-order valence-electron chi connectivity index (χ0n) is 16.5. The summed E-state index contributed by atoms with van der Waals surface area (Å²) in [4.78, 5) is 21.0. The number of hydroxylamine groups is 1. The average Bonchev–Trinajstić information content (AvgIpc) is 2.73. The smallest absolute Gasteiger partial charge is 0.256 e. The van der Waals surface area contributed by atoms with Crippen LogP contribution in [0, 0.1) is 6.92 Å². The SMILES string of the molecule is COc1cccc(-c2cc(NC(=O)c3ccc(C)c(N(C)OS(=O)[O-])c3)ncn2)c1. The van der Waals surface area contributed by atoms with Crippen LogP contribution < -0.4 is 15.1 Å². The lowest BCUT2D eigenvalue weighted by Gasteiger charge is -2.21. The molecule has 30 heavy (non-hydrogen) atoms. The number of aromatic nitrogens is 2. The third kappa shape index (κ3) is 5.17. The van der Waals surface area contributed by atoms with E-state index in [4.69, 9.17) is 4.74 Å². The minimum atomic E-state index is -2.73. The Kier molecular flexibility index (Phi) is 6.72. The Bertz CT molecular complexity index is 1090. The number of methoxy groups -OCH3 is 1. The molecule has 1 unspecified atom stereocenters. The number of nitrogens with one attached hydrogen (secondary N) is 1. The van der Waals surface area contributed by atoms with Crippen LogP contribution in [0.2, 0.25) is 0 Å². The molecule has 0 aliphatic heterocycles. The van der Waals surface area contributed by atoms with E-state index in [-0.39, 0.29) is 0 Å². The van der Waals surface area contributed by atoms with Crippen LogP contribution in [-0.2, 0) is 15.6 Å². The van der Waals surface area contributed by atoms with Crippen molar-refractivity contribution in [3.63, 3.8) is 0 Å². The zero-order chi connectivity index (χ0) is 21.7. The van der Waals surface area contributed by atoms with Gasteiger partial charge in [-0.25, -0.2) is 19.2 Å². The number of benzene rings is 2. The summed E-state index contributed by atoms with van der Waals surface area (Å²) in [6.45, 7) is 1.77. The molecule has 9 nitrogen and oxygen atoms in total. The average molecular weight is 427 g/mol. The van der Waals surface area contributed by atoms with Crippen LogP contribution in [-0.4, -0.2) is 38.8 Å². The van der Waals surface area contributed by atoms with Crippen molar-refractivity contribution < 1.29 is 22.6 Å². The number of nitrogens with zero attached hydrogens (tertiary/aromatic N) is 3. The van der Waals surface area contributed by atoms with Crippen molar-refractivity contribution >= 4 is 28.8 Å². The number of carbonyl (C=O) groups excluding carboxylic acids is 1. The number of hydrogen-bond acceptors (Lipinski definition) is 8. The lowest BCUT2D eigenvalue weighted by Crippen LogP contribution is -2.21. The van der Waals surface area contributed by atoms with Crippen molar-refractivity contribution in [3.8, 4) is 17.0 Å². The molecule has 0 saturated carbocycles. The molecule has 1 atom stereocenters. The molecule has 3 rings (SSSR count). The molecule has 156 valence electrons. The Balaban J connectivity index is 1.82. The summed E-state index contributed by atoms with van der Waals surface area (Å²) in [5, 5.41) is 3.79. The second-order valence-corrected chi connectivity index (χ2v) is 6.81. The summed E-state index contributed by atoms with van der Waals surface area (Å²) in [5.41, 5.74) is 2.92. The van der Waals surface area contributed by atoms with E-state index >= 15 is 0 Å². The van der Waals surface area contributed by atoms with Crippen LogP contribution in [0.1, 0.15) is 15.9 Å². The van der Waals surface area contributed by atoms with Crippen LogP contribution in [0.15, 0.2) is 54.9 Å². The van der Waals surface area contributed by atoms with E-state index in [1.807, 2.05) is 24.3 Å². The molecule has 0 aliphatic carbocycles. The van der Waals surface area contributed by atoms with E-state index in [9.17, 15) is 13.6 Å². The standard InChI is InChI=1S/C20H20N4O5S/c1-13-7-8-15(10-18(13)24(2)29-30(26)27)20(25)23-19-11-17(21-12-22-19)14-5-4-6-16(9-14)28-3/h4-12H,1-3H3,(H,26,27)(H,21,22,23,25)/p-1. The predicted octanol–water partition coefficient (Wildman–Crippen LogP) is 2.87. The van der Waals surface area contributed by atoms with Gasteiger partial charge < -0.3 is 14.6 Å². The summed E-state index contributed by atoms with van der Waals surface area (Å²) < 4.78 is 31.4. The number of carbonyl (C=O) groups is 1. The number of aryl methyl sites for hydroxylation is 1. The third-order valence-corrected chi connectivity index (χ3v) is 4.60. The first-order valence-electron chi connectivity index (χ1n) is 8.77. The molecule has 1 aromatic heterocycles. The molecule has 0 radical (unpaired) electrons. The first-order chi connectivity index (χ1) is 14.4. The molecular weight excluding hydrogens is 408 g/mol. The fraction of sp³-hybridized carbons (Fsp3) is 0.150. The molecule has 0 bridgehead atoms. The van der Waals surface area contributed by atoms with Crippen LogP contribution >= 0.6 is 0 Å². The van der Waals surface area contributed by atoms with Gasteiger partial charge in [0.1, 0.15) is 29.3 Å². The second kappa shape index (κ2) is 9.44. The van der Waals surface area contributed by atoms with Crippen LogP contribution in [0.5, 0.6) is 5.75 Å². The topological polar surface area (TPSA) is 117 Å². The van der Waals surface area contributed by atoms with E-state index in [0.29, 0.717) is 28.5 Å². The molecule has 1 amide bonds. The number of ether oxygens (including phenoxy) is 1. The number of amides is 1. The van der Waals surface area contributed by atoms with Crippen LogP contribution in [0.3, 0.4) is 0 Å².